The van der Waals surface area contributed by atoms with Gasteiger partial charge in [0, 0.05) is 14.1 Å². The van der Waals surface area contributed by atoms with E-state index in [1.807, 2.05) is 0 Å². The quantitative estimate of drug-likeness (QED) is 0.780. The van der Waals surface area contributed by atoms with Gasteiger partial charge in [-0.25, -0.2) is 12.7 Å². The molecule has 0 aliphatic heterocycles. The number of aliphatic hydroxyl groups is 1. The smallest absolute Gasteiger partial charge is 0.253 e. The predicted molar refractivity (Wildman–Crippen MR) is 66.1 cm³/mol. The molecule has 7 heteroatoms. The molecule has 0 saturated heterocycles. The average molecular weight is 272 g/mol. The molecular formula is C11H16N2O4S. The standard InChI is InChI=1S/C11H16N2O4S/c1-11(15,10(12)14)8-4-6-9(7-5-8)18(16,17)13(2)3/h4-7,15H,1-3H3,(H2,12,14). The maximum Gasteiger partial charge on any atom is 0.253 e. The molecule has 0 radical (unpaired) electrons. The summed E-state index contributed by atoms with van der Waals surface area (Å²) >= 11 is 0. The maximum atomic E-state index is 11.8. The van der Waals surface area contributed by atoms with Crippen molar-refractivity contribution in [2.45, 2.75) is 17.4 Å². The second-order valence-electron chi connectivity index (χ2n) is 4.25. The molecule has 1 aromatic rings. The fourth-order valence-electron chi connectivity index (χ4n) is 1.30. The first-order valence-electron chi connectivity index (χ1n) is 5.15. The van der Waals surface area contributed by atoms with Gasteiger partial charge in [-0.3, -0.25) is 4.79 Å². The number of hydrogen-bond acceptors (Lipinski definition) is 4. The summed E-state index contributed by atoms with van der Waals surface area (Å²) in [6, 6.07) is 5.37. The van der Waals surface area contributed by atoms with Crippen LogP contribution in [0.2, 0.25) is 0 Å². The van der Waals surface area contributed by atoms with E-state index in [2.05, 4.69) is 0 Å². The van der Waals surface area contributed by atoms with Gasteiger partial charge in [-0.15, -0.1) is 0 Å². The van der Waals surface area contributed by atoms with Gasteiger partial charge in [0.05, 0.1) is 4.90 Å². The van der Waals surface area contributed by atoms with Gasteiger partial charge >= 0.3 is 0 Å². The zero-order chi connectivity index (χ0) is 14.1. The molecule has 0 spiro atoms. The van der Waals surface area contributed by atoms with E-state index in [4.69, 9.17) is 5.73 Å². The molecular weight excluding hydrogens is 256 g/mol. The molecule has 6 nitrogen and oxygen atoms in total. The summed E-state index contributed by atoms with van der Waals surface area (Å²) in [4.78, 5) is 11.1. The molecule has 0 fully saturated rings. The van der Waals surface area contributed by atoms with E-state index >= 15 is 0 Å². The lowest BCUT2D eigenvalue weighted by Gasteiger charge is -2.20. The van der Waals surface area contributed by atoms with Crippen LogP contribution in [0.3, 0.4) is 0 Å². The topological polar surface area (TPSA) is 101 Å². The third-order valence-corrected chi connectivity index (χ3v) is 4.50. The van der Waals surface area contributed by atoms with Crippen LogP contribution in [0, 0.1) is 0 Å². The molecule has 18 heavy (non-hydrogen) atoms. The van der Waals surface area contributed by atoms with E-state index in [1.54, 1.807) is 0 Å². The monoisotopic (exact) mass is 272 g/mol. The molecule has 0 aliphatic carbocycles. The summed E-state index contributed by atoms with van der Waals surface area (Å²) in [5, 5.41) is 9.83. The molecule has 0 heterocycles. The van der Waals surface area contributed by atoms with Gasteiger partial charge in [-0.2, -0.15) is 0 Å². The van der Waals surface area contributed by atoms with Crippen LogP contribution in [-0.2, 0) is 20.4 Å². The molecule has 0 saturated carbocycles. The molecule has 0 bridgehead atoms. The van der Waals surface area contributed by atoms with Crippen LogP contribution in [0.15, 0.2) is 29.2 Å². The van der Waals surface area contributed by atoms with Crippen molar-refractivity contribution in [3.05, 3.63) is 29.8 Å². The van der Waals surface area contributed by atoms with Crippen molar-refractivity contribution in [1.82, 2.24) is 4.31 Å². The number of primary amides is 1. The van der Waals surface area contributed by atoms with Crippen LogP contribution in [0.4, 0.5) is 0 Å². The van der Waals surface area contributed by atoms with Gasteiger partial charge in [-0.05, 0) is 24.6 Å². The zero-order valence-corrected chi connectivity index (χ0v) is 11.2. The van der Waals surface area contributed by atoms with Gasteiger partial charge < -0.3 is 10.8 Å². The predicted octanol–water partition coefficient (Wildman–Crippen LogP) is -0.370. The van der Waals surface area contributed by atoms with Crippen molar-refractivity contribution >= 4 is 15.9 Å². The van der Waals surface area contributed by atoms with Crippen molar-refractivity contribution in [1.29, 1.82) is 0 Å². The third kappa shape index (κ3) is 2.53. The summed E-state index contributed by atoms with van der Waals surface area (Å²) in [5.74, 6) is -0.897. The highest BCUT2D eigenvalue weighted by molar-refractivity contribution is 7.89. The number of hydrogen-bond donors (Lipinski definition) is 2. The number of sulfonamides is 1. The van der Waals surface area contributed by atoms with Crippen LogP contribution in [0.1, 0.15) is 12.5 Å². The summed E-state index contributed by atoms with van der Waals surface area (Å²) < 4.78 is 24.7. The van der Waals surface area contributed by atoms with Crippen LogP contribution in [0.5, 0.6) is 0 Å². The Morgan fingerprint density at radius 2 is 1.72 bits per heavy atom. The van der Waals surface area contributed by atoms with Crippen molar-refractivity contribution in [2.24, 2.45) is 5.73 Å². The summed E-state index contributed by atoms with van der Waals surface area (Å²) in [6.45, 7) is 1.25. The highest BCUT2D eigenvalue weighted by Crippen LogP contribution is 2.22. The Bertz CT molecular complexity index is 547. The Labute approximate surface area is 106 Å². The maximum absolute atomic E-state index is 11.8. The Morgan fingerprint density at radius 1 is 1.28 bits per heavy atom. The van der Waals surface area contributed by atoms with Gasteiger partial charge in [0.2, 0.25) is 10.0 Å². The minimum absolute atomic E-state index is 0.0801. The Kier molecular flexibility index (Phi) is 3.80. The molecule has 100 valence electrons. The zero-order valence-electron chi connectivity index (χ0n) is 10.4. The first-order chi connectivity index (χ1) is 8.10. The van der Waals surface area contributed by atoms with E-state index in [0.29, 0.717) is 0 Å². The van der Waals surface area contributed by atoms with Crippen LogP contribution in [0.25, 0.3) is 0 Å². The van der Waals surface area contributed by atoms with E-state index in [0.717, 1.165) is 4.31 Å². The highest BCUT2D eigenvalue weighted by Gasteiger charge is 2.30. The minimum Gasteiger partial charge on any atom is -0.376 e. The number of amides is 1. The van der Waals surface area contributed by atoms with Crippen LogP contribution in [-0.4, -0.2) is 37.8 Å². The highest BCUT2D eigenvalue weighted by atomic mass is 32.2. The van der Waals surface area contributed by atoms with Gasteiger partial charge in [0.15, 0.2) is 5.60 Å². The molecule has 3 N–H and O–H groups in total. The van der Waals surface area contributed by atoms with Crippen molar-refractivity contribution < 1.29 is 18.3 Å². The third-order valence-electron chi connectivity index (χ3n) is 2.67. The molecule has 0 aliphatic rings. The van der Waals surface area contributed by atoms with E-state index in [-0.39, 0.29) is 10.5 Å². The number of carbonyl (C=O) groups is 1. The van der Waals surface area contributed by atoms with Gasteiger partial charge in [-0.1, -0.05) is 12.1 Å². The Hall–Kier alpha value is -1.44. The summed E-state index contributed by atoms with van der Waals surface area (Å²) in [5.41, 5.74) is 3.48. The van der Waals surface area contributed by atoms with E-state index in [1.165, 1.54) is 45.3 Å². The Morgan fingerprint density at radius 3 is 2.06 bits per heavy atom. The minimum atomic E-state index is -3.52. The number of nitrogens with two attached hydrogens (primary N) is 1. The molecule has 1 rings (SSSR count). The Balaban J connectivity index is 3.20. The lowest BCUT2D eigenvalue weighted by Crippen LogP contribution is -2.38. The second kappa shape index (κ2) is 4.68. The van der Waals surface area contributed by atoms with Gasteiger partial charge in [0.1, 0.15) is 0 Å². The lowest BCUT2D eigenvalue weighted by molar-refractivity contribution is -0.135. The summed E-state index contributed by atoms with van der Waals surface area (Å²) in [7, 11) is -0.685. The van der Waals surface area contributed by atoms with Crippen molar-refractivity contribution in [2.75, 3.05) is 14.1 Å². The van der Waals surface area contributed by atoms with E-state index in [9.17, 15) is 18.3 Å². The fourth-order valence-corrected chi connectivity index (χ4v) is 2.21. The molecule has 1 amide bonds. The van der Waals surface area contributed by atoms with Crippen LogP contribution >= 0.6 is 0 Å². The number of rotatable bonds is 4. The number of benzene rings is 1. The fraction of sp³-hybridized carbons (Fsp3) is 0.364. The van der Waals surface area contributed by atoms with Crippen molar-refractivity contribution in [3.8, 4) is 0 Å². The molecule has 1 aromatic carbocycles. The second-order valence-corrected chi connectivity index (χ2v) is 6.40. The molecule has 1 atom stereocenters. The van der Waals surface area contributed by atoms with Crippen molar-refractivity contribution in [3.63, 3.8) is 0 Å². The van der Waals surface area contributed by atoms with Crippen LogP contribution < -0.4 is 5.73 Å². The normalized spacial score (nSPS) is 15.4. The molecule has 1 unspecified atom stereocenters. The van der Waals surface area contributed by atoms with E-state index < -0.39 is 21.5 Å². The molecule has 0 aromatic heterocycles. The largest absolute Gasteiger partial charge is 0.376 e. The first kappa shape index (κ1) is 14.6. The lowest BCUT2D eigenvalue weighted by atomic mass is 9.96. The number of carbonyl (C=O) groups excluding carboxylic acids is 1. The summed E-state index contributed by atoms with van der Waals surface area (Å²) in [6.07, 6.45) is 0. The van der Waals surface area contributed by atoms with Gasteiger partial charge in [0.25, 0.3) is 5.91 Å². The number of nitrogens with zero attached hydrogens (tertiary/aromatic N) is 1. The first-order valence-corrected chi connectivity index (χ1v) is 6.59. The SMILES string of the molecule is CN(C)S(=O)(=O)c1ccc(C(C)(O)C(N)=O)cc1. The average Bonchev–Trinajstić information content (AvgIpc) is 2.28.